The zero-order chi connectivity index (χ0) is 59.0. The number of furan rings is 2. The van der Waals surface area contributed by atoms with Crippen LogP contribution in [0, 0.1) is 24.0 Å². The van der Waals surface area contributed by atoms with E-state index in [1.165, 1.54) is 50.8 Å². The monoisotopic (exact) mass is 1280 g/mol. The van der Waals surface area contributed by atoms with E-state index in [0.717, 1.165) is 18.8 Å². The Morgan fingerprint density at radius 3 is 1.76 bits per heavy atom. The largest absolute Gasteiger partial charge is 0.441 e. The van der Waals surface area contributed by atoms with Crippen molar-refractivity contribution >= 4 is 94.8 Å². The fraction of sp³-hybridized carbons (Fsp3) is 0.545. The topological polar surface area (TPSA) is 360 Å². The molecule has 6 heterocycles. The number of aryl methyl sites for hydroxylation is 2. The van der Waals surface area contributed by atoms with Crippen molar-refractivity contribution in [2.45, 2.75) is 104 Å². The lowest BCUT2D eigenvalue weighted by atomic mass is 10.2. The molecule has 79 heavy (non-hydrogen) atoms. The molecule has 2 aliphatic heterocycles. The summed E-state index contributed by atoms with van der Waals surface area (Å²) in [7, 11) is -0.350. The van der Waals surface area contributed by atoms with Crippen molar-refractivity contribution in [2.24, 2.45) is 0 Å². The molecule has 0 saturated heterocycles. The summed E-state index contributed by atoms with van der Waals surface area (Å²) in [5.74, 6) is 0.331. The van der Waals surface area contributed by atoms with Crippen LogP contribution in [-0.2, 0) is 46.2 Å². The fourth-order valence-electron chi connectivity index (χ4n) is 5.65. The second-order valence-electron chi connectivity index (χ2n) is 16.9. The highest BCUT2D eigenvalue weighted by Gasteiger charge is 2.34. The number of aliphatic hydroxyl groups excluding tert-OH is 2. The zero-order valence-corrected chi connectivity index (χ0v) is 50.3. The van der Waals surface area contributed by atoms with Crippen LogP contribution < -0.4 is 33.3 Å². The normalized spacial score (nSPS) is 16.8. The van der Waals surface area contributed by atoms with Crippen molar-refractivity contribution in [3.05, 3.63) is 135 Å². The van der Waals surface area contributed by atoms with Gasteiger partial charge in [0.15, 0.2) is 18.4 Å². The SMILES string of the molecule is CC(C)(C)OO.CNCCCCCl.Cc1cn(C2C=CC(CO)O2)c(=O)[nH]c1=O.Cc1cn(C2C=CC(COP(=O)(OCc3ccc([N+](=O)[O-])o3)N(C)CCCCCl)O2)c(=O)[nH]c1=O.Cl.ClP(Cl)Cl.OCc1ccc(NOO)o1. The van der Waals surface area contributed by atoms with Gasteiger partial charge in [-0.15, -0.1) is 40.6 Å². The number of aromatic nitrogens is 4. The average Bonchev–Trinajstić information content (AvgIpc) is 4.25. The van der Waals surface area contributed by atoms with E-state index in [1.807, 2.05) is 12.5 Å². The Morgan fingerprint density at radius 1 is 0.823 bits per heavy atom. The Labute approximate surface area is 485 Å². The third-order valence-electron chi connectivity index (χ3n) is 9.56. The lowest BCUT2D eigenvalue weighted by Gasteiger charge is -2.27. The minimum atomic E-state index is -3.87. The van der Waals surface area contributed by atoms with Crippen LogP contribution in [0.4, 0.5) is 11.8 Å². The Hall–Kier alpha value is -3.48. The zero-order valence-electron chi connectivity index (χ0n) is 44.0. The van der Waals surface area contributed by atoms with E-state index in [0.29, 0.717) is 42.2 Å². The van der Waals surface area contributed by atoms with E-state index in [9.17, 15) is 33.9 Å². The molecular weight excluding hydrogens is 1220 g/mol. The van der Waals surface area contributed by atoms with Crippen LogP contribution in [0.15, 0.2) is 89.0 Å². The van der Waals surface area contributed by atoms with Crippen molar-refractivity contribution in [1.29, 1.82) is 0 Å². The van der Waals surface area contributed by atoms with Gasteiger partial charge in [0, 0.05) is 47.9 Å². The Kier molecular flexibility index (Phi) is 38.9. The van der Waals surface area contributed by atoms with Gasteiger partial charge in [-0.1, -0.05) is 45.9 Å². The van der Waals surface area contributed by atoms with Gasteiger partial charge < -0.3 is 33.8 Å². The molecule has 0 bridgehead atoms. The highest BCUT2D eigenvalue weighted by atomic mass is 36.0. The molecule has 0 spiro atoms. The third-order valence-corrected chi connectivity index (χ3v) is 12.1. The van der Waals surface area contributed by atoms with Gasteiger partial charge in [0.05, 0.1) is 24.9 Å². The first-order valence-electron chi connectivity index (χ1n) is 23.2. The highest BCUT2D eigenvalue weighted by molar-refractivity contribution is 8.20. The fourth-order valence-corrected chi connectivity index (χ4v) is 7.51. The highest BCUT2D eigenvalue weighted by Crippen LogP contribution is 2.52. The summed E-state index contributed by atoms with van der Waals surface area (Å²) in [5, 5.41) is 47.0. The number of hydrogen-bond acceptors (Lipinski definition) is 21. The molecule has 2 aliphatic rings. The van der Waals surface area contributed by atoms with E-state index in [2.05, 4.69) is 25.2 Å². The number of H-pyrrole nitrogens is 2. The lowest BCUT2D eigenvalue weighted by molar-refractivity contribution is -0.402. The van der Waals surface area contributed by atoms with Crippen molar-refractivity contribution in [3.8, 4) is 0 Å². The molecule has 4 aromatic heterocycles. The number of nitrogens with zero attached hydrogens (tertiary/aromatic N) is 4. The second-order valence-corrected chi connectivity index (χ2v) is 24.7. The standard InChI is InChI=1S/C20H26ClN4O9P.C10H12N2O4.C5H12ClN.C5H7NO4.C4H10O2.Cl3P.ClH/c1-14-11-24(20(27)22-19(14)26)17-7-5-15(33-17)12-31-35(30,23(2)10-4-3-9-21)32-13-16-6-8-18(34-16)25(28)29;1-6-4-12(10(15)11-9(6)14)8-3-2-7(5-13)16-8;1-7-5-3-2-4-6;7-3-4-1-2-5(9-4)6-10-8;1-4(2,3)6-5;1-4(2)3;/h5-8,11,15,17H,3-4,9-10,12-13H2,1-2H3,(H,22,26,27);2-4,7-8,13H,5H2,1H3,(H,11,14,15);7H,2-5H2,1H3;1-2,6-8H,3H2;5H,1-3H3;;1H. The Balaban J connectivity index is 0.00000113. The van der Waals surface area contributed by atoms with Gasteiger partial charge in [0.25, 0.3) is 11.1 Å². The molecule has 5 atom stereocenters. The van der Waals surface area contributed by atoms with Crippen molar-refractivity contribution in [2.75, 3.05) is 57.6 Å². The molecular formula is C44H68Cl6N8O19P2. The predicted molar refractivity (Wildman–Crippen MR) is 303 cm³/mol. The number of anilines is 1. The molecule has 27 nitrogen and oxygen atoms in total. The van der Waals surface area contributed by atoms with Crippen LogP contribution in [0.2, 0.25) is 0 Å². The maximum absolute atomic E-state index is 13.6. The van der Waals surface area contributed by atoms with E-state index in [1.54, 1.807) is 72.0 Å². The quantitative estimate of drug-likeness (QED) is 0.00692. The maximum Gasteiger partial charge on any atom is 0.433 e. The third kappa shape index (κ3) is 30.4. The average molecular weight is 1290 g/mol. The first-order chi connectivity index (χ1) is 36.8. The van der Waals surface area contributed by atoms with Gasteiger partial charge in [0.1, 0.15) is 41.9 Å². The van der Waals surface area contributed by atoms with Gasteiger partial charge in [-0.3, -0.25) is 53.1 Å². The number of aliphatic hydroxyl groups is 2. The molecule has 4 aromatic rings. The smallest absolute Gasteiger partial charge is 0.433 e. The van der Waals surface area contributed by atoms with Crippen LogP contribution in [0.1, 0.15) is 81.6 Å². The van der Waals surface area contributed by atoms with E-state index < -0.39 is 77.3 Å². The first kappa shape index (κ1) is 75.5. The molecule has 0 fully saturated rings. The summed E-state index contributed by atoms with van der Waals surface area (Å²) in [6.07, 6.45) is 10.7. The van der Waals surface area contributed by atoms with Gasteiger partial charge in [-0.05, 0) is 105 Å². The summed E-state index contributed by atoms with van der Waals surface area (Å²) in [6, 6.07) is 5.60. The number of nitrogens with one attached hydrogen (secondary N) is 4. The van der Waals surface area contributed by atoms with Crippen LogP contribution in [0.5, 0.6) is 0 Å². The summed E-state index contributed by atoms with van der Waals surface area (Å²) >= 11 is 25.7. The lowest BCUT2D eigenvalue weighted by Crippen LogP contribution is -2.33. The number of hydrogen-bond donors (Lipinski definition) is 8. The number of rotatable bonds is 22. The minimum Gasteiger partial charge on any atom is -0.441 e. The Bertz CT molecular complexity index is 2690. The molecule has 0 aliphatic carbocycles. The summed E-state index contributed by atoms with van der Waals surface area (Å²) in [5.41, 5.74) is 0.381. The van der Waals surface area contributed by atoms with E-state index >= 15 is 0 Å². The molecule has 450 valence electrons. The van der Waals surface area contributed by atoms with Gasteiger partial charge in [-0.25, -0.2) is 34.4 Å². The molecule has 0 amide bonds. The second kappa shape index (κ2) is 40.7. The number of halogens is 6. The van der Waals surface area contributed by atoms with Crippen LogP contribution >= 0.6 is 83.1 Å². The van der Waals surface area contributed by atoms with Gasteiger partial charge >= 0.3 is 25.0 Å². The molecule has 8 N–H and O–H groups in total. The van der Waals surface area contributed by atoms with Crippen molar-refractivity contribution < 1.29 is 67.4 Å². The number of unbranched alkanes of at least 4 members (excludes halogenated alkanes) is 2. The van der Waals surface area contributed by atoms with E-state index in [-0.39, 0.29) is 50.5 Å². The number of nitro groups is 1. The summed E-state index contributed by atoms with van der Waals surface area (Å²) < 4.78 is 49.7. The summed E-state index contributed by atoms with van der Waals surface area (Å²) in [6.45, 7) is 9.14. The van der Waals surface area contributed by atoms with Crippen LogP contribution in [0.3, 0.4) is 0 Å². The number of alkyl halides is 2. The van der Waals surface area contributed by atoms with Crippen LogP contribution in [-0.4, -0.2) is 119 Å². The molecule has 5 unspecified atom stereocenters. The molecule has 0 aromatic carbocycles. The summed E-state index contributed by atoms with van der Waals surface area (Å²) in [4.78, 5) is 68.4. The van der Waals surface area contributed by atoms with Crippen molar-refractivity contribution in [3.63, 3.8) is 0 Å². The van der Waals surface area contributed by atoms with Gasteiger partial charge in [0.2, 0.25) is 5.88 Å². The Morgan fingerprint density at radius 2 is 1.33 bits per heavy atom. The predicted octanol–water partition coefficient (Wildman–Crippen LogP) is 8.82. The van der Waals surface area contributed by atoms with Crippen LogP contribution in [0.25, 0.3) is 0 Å². The van der Waals surface area contributed by atoms with E-state index in [4.69, 9.17) is 105 Å². The molecule has 6 rings (SSSR count). The van der Waals surface area contributed by atoms with Gasteiger partial charge in [-0.2, -0.15) is 0 Å². The van der Waals surface area contributed by atoms with Crippen molar-refractivity contribution in [1.82, 2.24) is 29.1 Å². The molecule has 0 saturated carbocycles. The first-order valence-corrected chi connectivity index (χ1v) is 29.8. The minimum absolute atomic E-state index is 0. The molecule has 35 heteroatoms. The molecule has 0 radical (unpaired) electrons. The maximum atomic E-state index is 13.6. The number of aromatic amines is 2. The number of ether oxygens (including phenoxy) is 2.